The van der Waals surface area contributed by atoms with Crippen molar-refractivity contribution in [2.75, 3.05) is 24.5 Å². The van der Waals surface area contributed by atoms with Gasteiger partial charge in [0.1, 0.15) is 0 Å². The number of hydrogen-bond donors (Lipinski definition) is 2. The first-order valence-corrected chi connectivity index (χ1v) is 9.08. The number of carbonyl (C=O) groups excluding carboxylic acids is 2. The molecule has 24 heavy (non-hydrogen) atoms. The molecule has 3 rings (SSSR count). The van der Waals surface area contributed by atoms with E-state index in [9.17, 15) is 9.59 Å². The standard InChI is InChI=1S/C19H27N3O2/c23-18(12-15-4-2-1-3-5-15)21-13-16-6-8-17(9-7-16)22-11-10-20-19(24)14-22/h6-9,15H,1-5,10-14H2,(H,20,24)(H,21,23). The molecule has 1 heterocycles. The molecule has 1 saturated carbocycles. The van der Waals surface area contributed by atoms with Crippen molar-refractivity contribution in [3.05, 3.63) is 29.8 Å². The Labute approximate surface area is 143 Å². The summed E-state index contributed by atoms with van der Waals surface area (Å²) in [7, 11) is 0. The van der Waals surface area contributed by atoms with E-state index in [-0.39, 0.29) is 11.8 Å². The summed E-state index contributed by atoms with van der Waals surface area (Å²) in [6, 6.07) is 8.12. The second-order valence-electron chi connectivity index (χ2n) is 6.92. The molecular formula is C19H27N3O2. The lowest BCUT2D eigenvalue weighted by Gasteiger charge is -2.28. The van der Waals surface area contributed by atoms with Crippen molar-refractivity contribution in [1.29, 1.82) is 0 Å². The van der Waals surface area contributed by atoms with E-state index in [4.69, 9.17) is 0 Å². The van der Waals surface area contributed by atoms with Crippen LogP contribution >= 0.6 is 0 Å². The lowest BCUT2D eigenvalue weighted by molar-refractivity contribution is -0.122. The molecule has 130 valence electrons. The van der Waals surface area contributed by atoms with Gasteiger partial charge in [-0.25, -0.2) is 0 Å². The molecular weight excluding hydrogens is 302 g/mol. The van der Waals surface area contributed by atoms with Gasteiger partial charge >= 0.3 is 0 Å². The minimum atomic E-state index is 0.0697. The minimum absolute atomic E-state index is 0.0697. The highest BCUT2D eigenvalue weighted by atomic mass is 16.2. The van der Waals surface area contributed by atoms with Crippen LogP contribution in [0, 0.1) is 5.92 Å². The maximum absolute atomic E-state index is 12.1. The zero-order valence-electron chi connectivity index (χ0n) is 14.2. The van der Waals surface area contributed by atoms with E-state index in [0.717, 1.165) is 17.8 Å². The number of nitrogens with one attached hydrogen (secondary N) is 2. The Morgan fingerprint density at radius 1 is 1.17 bits per heavy atom. The summed E-state index contributed by atoms with van der Waals surface area (Å²) in [5.74, 6) is 0.811. The monoisotopic (exact) mass is 329 g/mol. The van der Waals surface area contributed by atoms with Gasteiger partial charge < -0.3 is 15.5 Å². The van der Waals surface area contributed by atoms with Crippen LogP contribution in [0.15, 0.2) is 24.3 Å². The Kier molecular flexibility index (Phi) is 5.72. The van der Waals surface area contributed by atoms with Gasteiger partial charge in [0.15, 0.2) is 0 Å². The number of nitrogens with zero attached hydrogens (tertiary/aromatic N) is 1. The van der Waals surface area contributed by atoms with Gasteiger partial charge in [-0.3, -0.25) is 9.59 Å². The van der Waals surface area contributed by atoms with E-state index in [0.29, 0.717) is 32.0 Å². The van der Waals surface area contributed by atoms with E-state index in [1.807, 2.05) is 24.3 Å². The molecule has 0 atom stereocenters. The number of rotatable bonds is 5. The molecule has 0 radical (unpaired) electrons. The van der Waals surface area contributed by atoms with Crippen molar-refractivity contribution < 1.29 is 9.59 Å². The van der Waals surface area contributed by atoms with Crippen LogP contribution in [0.4, 0.5) is 5.69 Å². The first kappa shape index (κ1) is 16.8. The van der Waals surface area contributed by atoms with Crippen molar-refractivity contribution in [2.24, 2.45) is 5.92 Å². The molecule has 1 aromatic carbocycles. The summed E-state index contributed by atoms with van der Waals surface area (Å²) < 4.78 is 0. The first-order valence-electron chi connectivity index (χ1n) is 9.08. The van der Waals surface area contributed by atoms with Crippen LogP contribution in [-0.2, 0) is 16.1 Å². The number of carbonyl (C=O) groups is 2. The molecule has 2 amide bonds. The minimum Gasteiger partial charge on any atom is -0.360 e. The first-order chi connectivity index (χ1) is 11.7. The largest absolute Gasteiger partial charge is 0.360 e. The Hall–Kier alpha value is -2.04. The number of piperazine rings is 1. The zero-order valence-corrected chi connectivity index (χ0v) is 14.2. The Balaban J connectivity index is 1.45. The predicted molar refractivity (Wildman–Crippen MR) is 94.7 cm³/mol. The van der Waals surface area contributed by atoms with Crippen molar-refractivity contribution in [1.82, 2.24) is 10.6 Å². The van der Waals surface area contributed by atoms with Gasteiger partial charge in [-0.2, -0.15) is 0 Å². The molecule has 1 saturated heterocycles. The molecule has 5 nitrogen and oxygen atoms in total. The summed E-state index contributed by atoms with van der Waals surface area (Å²) >= 11 is 0. The highest BCUT2D eigenvalue weighted by molar-refractivity contribution is 5.82. The van der Waals surface area contributed by atoms with Gasteiger partial charge in [0.05, 0.1) is 6.54 Å². The van der Waals surface area contributed by atoms with Crippen LogP contribution in [0.25, 0.3) is 0 Å². The Morgan fingerprint density at radius 2 is 1.92 bits per heavy atom. The van der Waals surface area contributed by atoms with Crippen molar-refractivity contribution >= 4 is 17.5 Å². The maximum Gasteiger partial charge on any atom is 0.239 e. The molecule has 0 aromatic heterocycles. The van der Waals surface area contributed by atoms with Crippen LogP contribution < -0.4 is 15.5 Å². The van der Waals surface area contributed by atoms with Crippen LogP contribution in [0.5, 0.6) is 0 Å². The fourth-order valence-electron chi connectivity index (χ4n) is 3.61. The summed E-state index contributed by atoms with van der Waals surface area (Å²) in [5.41, 5.74) is 2.15. The number of anilines is 1. The molecule has 0 bridgehead atoms. The Bertz CT molecular complexity index is 564. The Morgan fingerprint density at radius 3 is 2.62 bits per heavy atom. The fourth-order valence-corrected chi connectivity index (χ4v) is 3.61. The highest BCUT2D eigenvalue weighted by Gasteiger charge is 2.17. The third-order valence-corrected chi connectivity index (χ3v) is 5.03. The summed E-state index contributed by atoms with van der Waals surface area (Å²) in [6.45, 7) is 2.52. The van der Waals surface area contributed by atoms with Crippen molar-refractivity contribution in [3.63, 3.8) is 0 Å². The van der Waals surface area contributed by atoms with Crippen LogP contribution in [0.2, 0.25) is 0 Å². The fraction of sp³-hybridized carbons (Fsp3) is 0.579. The maximum atomic E-state index is 12.1. The zero-order chi connectivity index (χ0) is 16.8. The molecule has 2 aliphatic rings. The third kappa shape index (κ3) is 4.73. The second-order valence-corrected chi connectivity index (χ2v) is 6.92. The topological polar surface area (TPSA) is 61.4 Å². The van der Waals surface area contributed by atoms with E-state index < -0.39 is 0 Å². The molecule has 0 spiro atoms. The van der Waals surface area contributed by atoms with Gasteiger partial charge in [-0.05, 0) is 36.5 Å². The number of benzene rings is 1. The summed E-state index contributed by atoms with van der Waals surface area (Å²) in [5, 5.41) is 5.87. The van der Waals surface area contributed by atoms with Gasteiger partial charge in [0, 0.05) is 31.7 Å². The normalized spacial score (nSPS) is 19.0. The van der Waals surface area contributed by atoms with E-state index in [1.54, 1.807) is 0 Å². The summed E-state index contributed by atoms with van der Waals surface area (Å²) in [6.07, 6.45) is 6.93. The smallest absolute Gasteiger partial charge is 0.239 e. The van der Waals surface area contributed by atoms with Crippen molar-refractivity contribution in [3.8, 4) is 0 Å². The number of hydrogen-bond acceptors (Lipinski definition) is 3. The molecule has 2 fully saturated rings. The quantitative estimate of drug-likeness (QED) is 0.871. The van der Waals surface area contributed by atoms with E-state index >= 15 is 0 Å². The summed E-state index contributed by atoms with van der Waals surface area (Å²) in [4.78, 5) is 25.6. The predicted octanol–water partition coefficient (Wildman–Crippen LogP) is 2.21. The second kappa shape index (κ2) is 8.18. The van der Waals surface area contributed by atoms with Crippen LogP contribution in [0.1, 0.15) is 44.1 Å². The average Bonchev–Trinajstić information content (AvgIpc) is 2.61. The van der Waals surface area contributed by atoms with Crippen LogP contribution in [0.3, 0.4) is 0 Å². The average molecular weight is 329 g/mol. The molecule has 2 N–H and O–H groups in total. The molecule has 1 aliphatic carbocycles. The molecule has 1 aliphatic heterocycles. The van der Waals surface area contributed by atoms with Gasteiger partial charge in [0.25, 0.3) is 0 Å². The molecule has 1 aromatic rings. The van der Waals surface area contributed by atoms with Crippen molar-refractivity contribution in [2.45, 2.75) is 45.1 Å². The molecule has 5 heteroatoms. The third-order valence-electron chi connectivity index (χ3n) is 5.03. The van der Waals surface area contributed by atoms with Gasteiger partial charge in [-0.1, -0.05) is 31.4 Å². The lowest BCUT2D eigenvalue weighted by atomic mass is 9.87. The molecule has 0 unspecified atom stereocenters. The SMILES string of the molecule is O=C(CC1CCCCC1)NCc1ccc(N2CCNC(=O)C2)cc1. The number of amides is 2. The van der Waals surface area contributed by atoms with E-state index in [1.165, 1.54) is 32.1 Å². The van der Waals surface area contributed by atoms with Crippen LogP contribution in [-0.4, -0.2) is 31.4 Å². The lowest BCUT2D eigenvalue weighted by Crippen LogP contribution is -2.47. The van der Waals surface area contributed by atoms with E-state index in [2.05, 4.69) is 15.5 Å². The van der Waals surface area contributed by atoms with Gasteiger partial charge in [-0.15, -0.1) is 0 Å². The van der Waals surface area contributed by atoms with Gasteiger partial charge in [0.2, 0.25) is 11.8 Å². The highest BCUT2D eigenvalue weighted by Crippen LogP contribution is 2.26.